The number of carboxylic acid groups (broad SMARTS) is 1. The Morgan fingerprint density at radius 1 is 1.59 bits per heavy atom. The van der Waals surface area contributed by atoms with Crippen molar-refractivity contribution in [1.29, 1.82) is 0 Å². The Labute approximate surface area is 102 Å². The highest BCUT2D eigenvalue weighted by atomic mass is 35.5. The van der Waals surface area contributed by atoms with E-state index in [-0.39, 0.29) is 17.1 Å². The summed E-state index contributed by atoms with van der Waals surface area (Å²) in [6.07, 6.45) is 3.03. The summed E-state index contributed by atoms with van der Waals surface area (Å²) in [6, 6.07) is -0.312. The molecule has 0 saturated heterocycles. The number of carbonyl (C=O) groups is 1. The van der Waals surface area contributed by atoms with Crippen LogP contribution in [-0.4, -0.2) is 27.1 Å². The number of halogens is 2. The minimum Gasteiger partial charge on any atom is -0.481 e. The van der Waals surface area contributed by atoms with Crippen LogP contribution in [0.1, 0.15) is 19.3 Å². The van der Waals surface area contributed by atoms with Crippen LogP contribution in [0.5, 0.6) is 0 Å². The van der Waals surface area contributed by atoms with E-state index >= 15 is 0 Å². The van der Waals surface area contributed by atoms with Crippen LogP contribution in [-0.2, 0) is 4.79 Å². The molecule has 0 amide bonds. The monoisotopic (exact) mass is 259 g/mol. The van der Waals surface area contributed by atoms with Gasteiger partial charge in [0, 0.05) is 6.04 Å². The van der Waals surface area contributed by atoms with Crippen molar-refractivity contribution in [3.8, 4) is 0 Å². The fraction of sp³-hybridized carbons (Fsp3) is 0.500. The summed E-state index contributed by atoms with van der Waals surface area (Å²) < 4.78 is 13.4. The van der Waals surface area contributed by atoms with Crippen LogP contribution in [0.4, 0.5) is 10.2 Å². The number of nitrogens with zero attached hydrogens (tertiary/aromatic N) is 2. The summed E-state index contributed by atoms with van der Waals surface area (Å²) in [5.41, 5.74) is 0. The molecule has 0 radical (unpaired) electrons. The molecule has 92 valence electrons. The van der Waals surface area contributed by atoms with Gasteiger partial charge < -0.3 is 10.4 Å². The molecule has 2 N–H and O–H groups in total. The van der Waals surface area contributed by atoms with Gasteiger partial charge in [-0.25, -0.2) is 9.37 Å². The number of nitrogens with one attached hydrogen (secondary N) is 1. The van der Waals surface area contributed by atoms with Gasteiger partial charge in [-0.3, -0.25) is 4.79 Å². The minimum atomic E-state index is -0.874. The zero-order chi connectivity index (χ0) is 12.4. The van der Waals surface area contributed by atoms with E-state index < -0.39 is 17.7 Å². The lowest BCUT2D eigenvalue weighted by Gasteiger charge is -2.18. The van der Waals surface area contributed by atoms with E-state index in [1.807, 2.05) is 0 Å². The number of hydrogen-bond acceptors (Lipinski definition) is 4. The summed E-state index contributed by atoms with van der Waals surface area (Å²) >= 11 is 5.56. The molecule has 1 aliphatic carbocycles. The maximum atomic E-state index is 13.4. The molecular weight excluding hydrogens is 249 g/mol. The number of aromatic nitrogens is 2. The van der Waals surface area contributed by atoms with Crippen molar-refractivity contribution in [2.24, 2.45) is 5.92 Å². The van der Waals surface area contributed by atoms with Gasteiger partial charge in [0.2, 0.25) is 5.28 Å². The molecule has 1 unspecified atom stereocenters. The van der Waals surface area contributed by atoms with Crippen molar-refractivity contribution in [2.45, 2.75) is 25.3 Å². The molecule has 17 heavy (non-hydrogen) atoms. The van der Waals surface area contributed by atoms with Crippen LogP contribution in [0.15, 0.2) is 6.20 Å². The van der Waals surface area contributed by atoms with Gasteiger partial charge in [0.05, 0.1) is 12.1 Å². The lowest BCUT2D eigenvalue weighted by atomic mass is 10.0. The quantitative estimate of drug-likeness (QED) is 0.812. The minimum absolute atomic E-state index is 0.0387. The van der Waals surface area contributed by atoms with Crippen molar-refractivity contribution < 1.29 is 14.3 Å². The van der Waals surface area contributed by atoms with Crippen molar-refractivity contribution >= 4 is 23.4 Å². The fourth-order valence-electron chi connectivity index (χ4n) is 2.05. The van der Waals surface area contributed by atoms with Crippen molar-refractivity contribution in [3.63, 3.8) is 0 Å². The van der Waals surface area contributed by atoms with E-state index in [1.165, 1.54) is 0 Å². The molecule has 2 rings (SSSR count). The van der Waals surface area contributed by atoms with E-state index in [0.717, 1.165) is 12.6 Å². The SMILES string of the molecule is O=C(O)C1CCC[C@@H]1Nc1nc(Cl)ncc1F. The standard InChI is InChI=1S/C10H11ClFN3O2/c11-10-13-4-6(12)8(15-10)14-7-3-1-2-5(7)9(16)17/h4-5,7H,1-3H2,(H,16,17)(H,13,14,15)/t5?,7-/m0/s1. The average molecular weight is 260 g/mol. The first-order valence-electron chi connectivity index (χ1n) is 5.25. The molecule has 0 spiro atoms. The van der Waals surface area contributed by atoms with Crippen LogP contribution < -0.4 is 5.32 Å². The lowest BCUT2D eigenvalue weighted by Crippen LogP contribution is -2.30. The molecule has 0 aromatic carbocycles. The molecule has 2 atom stereocenters. The van der Waals surface area contributed by atoms with Gasteiger partial charge in [-0.15, -0.1) is 0 Å². The molecule has 1 aliphatic rings. The molecule has 7 heteroatoms. The predicted molar refractivity (Wildman–Crippen MR) is 59.4 cm³/mol. The Morgan fingerprint density at radius 3 is 3.06 bits per heavy atom. The maximum absolute atomic E-state index is 13.4. The van der Waals surface area contributed by atoms with Crippen LogP contribution in [0.25, 0.3) is 0 Å². The number of hydrogen-bond donors (Lipinski definition) is 2. The summed E-state index contributed by atoms with van der Waals surface area (Å²) in [7, 11) is 0. The van der Waals surface area contributed by atoms with E-state index in [0.29, 0.717) is 12.8 Å². The highest BCUT2D eigenvalue weighted by Gasteiger charge is 2.33. The highest BCUT2D eigenvalue weighted by Crippen LogP contribution is 2.29. The number of rotatable bonds is 3. The van der Waals surface area contributed by atoms with Crippen molar-refractivity contribution in [3.05, 3.63) is 17.3 Å². The largest absolute Gasteiger partial charge is 0.481 e. The van der Waals surface area contributed by atoms with Crippen LogP contribution in [0, 0.1) is 11.7 Å². The number of carboxylic acids is 1. The topological polar surface area (TPSA) is 75.1 Å². The van der Waals surface area contributed by atoms with Gasteiger partial charge in [0.25, 0.3) is 0 Å². The lowest BCUT2D eigenvalue weighted by molar-refractivity contribution is -0.141. The van der Waals surface area contributed by atoms with E-state index in [9.17, 15) is 9.18 Å². The third-order valence-electron chi connectivity index (χ3n) is 2.87. The molecule has 0 aliphatic heterocycles. The Hall–Kier alpha value is -1.43. The number of aliphatic carboxylic acids is 1. The molecule has 5 nitrogen and oxygen atoms in total. The second-order valence-corrected chi connectivity index (χ2v) is 4.30. The fourth-order valence-corrected chi connectivity index (χ4v) is 2.18. The van der Waals surface area contributed by atoms with Crippen LogP contribution >= 0.6 is 11.6 Å². The Morgan fingerprint density at radius 2 is 2.35 bits per heavy atom. The number of anilines is 1. The summed E-state index contributed by atoms with van der Waals surface area (Å²) in [6.45, 7) is 0. The Kier molecular flexibility index (Phi) is 3.42. The summed E-state index contributed by atoms with van der Waals surface area (Å²) in [5.74, 6) is -2.06. The molecule has 1 saturated carbocycles. The Bertz CT molecular complexity index is 444. The first kappa shape index (κ1) is 12.0. The molecule has 1 aromatic heterocycles. The third kappa shape index (κ3) is 2.63. The normalized spacial score (nSPS) is 23.6. The van der Waals surface area contributed by atoms with Gasteiger partial charge in [-0.1, -0.05) is 6.42 Å². The molecular formula is C10H11ClFN3O2. The molecule has 0 bridgehead atoms. The first-order chi connectivity index (χ1) is 8.08. The predicted octanol–water partition coefficient (Wildman–Crippen LogP) is 1.93. The van der Waals surface area contributed by atoms with E-state index in [1.54, 1.807) is 0 Å². The van der Waals surface area contributed by atoms with Gasteiger partial charge in [0.15, 0.2) is 11.6 Å². The van der Waals surface area contributed by atoms with Crippen molar-refractivity contribution in [2.75, 3.05) is 5.32 Å². The van der Waals surface area contributed by atoms with E-state index in [2.05, 4.69) is 15.3 Å². The molecule has 1 heterocycles. The zero-order valence-corrected chi connectivity index (χ0v) is 9.62. The Balaban J connectivity index is 2.15. The van der Waals surface area contributed by atoms with Gasteiger partial charge in [-0.05, 0) is 24.4 Å². The van der Waals surface area contributed by atoms with Gasteiger partial charge >= 0.3 is 5.97 Å². The van der Waals surface area contributed by atoms with Crippen LogP contribution in [0.2, 0.25) is 5.28 Å². The molecule has 1 aromatic rings. The van der Waals surface area contributed by atoms with Crippen LogP contribution in [0.3, 0.4) is 0 Å². The smallest absolute Gasteiger partial charge is 0.308 e. The average Bonchev–Trinajstić information content (AvgIpc) is 2.71. The maximum Gasteiger partial charge on any atom is 0.308 e. The van der Waals surface area contributed by atoms with E-state index in [4.69, 9.17) is 16.7 Å². The van der Waals surface area contributed by atoms with Crippen molar-refractivity contribution in [1.82, 2.24) is 9.97 Å². The second kappa shape index (κ2) is 4.83. The zero-order valence-electron chi connectivity index (χ0n) is 8.86. The van der Waals surface area contributed by atoms with Gasteiger partial charge in [-0.2, -0.15) is 4.98 Å². The summed E-state index contributed by atoms with van der Waals surface area (Å²) in [5, 5.41) is 11.7. The third-order valence-corrected chi connectivity index (χ3v) is 3.05. The van der Waals surface area contributed by atoms with Gasteiger partial charge in [0.1, 0.15) is 0 Å². The molecule has 1 fully saturated rings. The highest BCUT2D eigenvalue weighted by molar-refractivity contribution is 6.28. The first-order valence-corrected chi connectivity index (χ1v) is 5.63. The second-order valence-electron chi connectivity index (χ2n) is 3.96. The summed E-state index contributed by atoms with van der Waals surface area (Å²) in [4.78, 5) is 18.2.